The van der Waals surface area contributed by atoms with Gasteiger partial charge in [0.15, 0.2) is 6.61 Å². The summed E-state index contributed by atoms with van der Waals surface area (Å²) in [4.78, 5) is 14.5. The third-order valence-corrected chi connectivity index (χ3v) is 1.38. The molecule has 7 heteroatoms. The van der Waals surface area contributed by atoms with Crippen molar-refractivity contribution >= 4 is 5.97 Å². The Labute approximate surface area is 79.0 Å². The number of alkyl halides is 3. The molecule has 0 spiro atoms. The van der Waals surface area contributed by atoms with Crippen molar-refractivity contribution in [1.82, 2.24) is 5.48 Å². The van der Waals surface area contributed by atoms with Gasteiger partial charge in [-0.25, -0.2) is 0 Å². The predicted molar refractivity (Wildman–Crippen MR) is 41.4 cm³/mol. The SMILES string of the molecule is CC(C)C(NOCC(F)(F)F)C(=O)O. The number of hydrogen-bond donors (Lipinski definition) is 2. The highest BCUT2D eigenvalue weighted by molar-refractivity contribution is 5.73. The molecule has 1 unspecified atom stereocenters. The second kappa shape index (κ2) is 5.16. The first-order chi connectivity index (χ1) is 6.24. The number of carboxylic acids is 1. The van der Waals surface area contributed by atoms with E-state index in [-0.39, 0.29) is 5.92 Å². The van der Waals surface area contributed by atoms with Gasteiger partial charge in [-0.3, -0.25) is 9.63 Å². The van der Waals surface area contributed by atoms with Crippen molar-refractivity contribution < 1.29 is 27.9 Å². The fourth-order valence-electron chi connectivity index (χ4n) is 0.685. The van der Waals surface area contributed by atoms with Crippen molar-refractivity contribution in [3.05, 3.63) is 0 Å². The summed E-state index contributed by atoms with van der Waals surface area (Å²) in [5, 5.41) is 8.55. The highest BCUT2D eigenvalue weighted by Crippen LogP contribution is 2.14. The molecule has 0 bridgehead atoms. The third kappa shape index (κ3) is 5.76. The van der Waals surface area contributed by atoms with Crippen molar-refractivity contribution in [2.45, 2.75) is 26.1 Å². The highest BCUT2D eigenvalue weighted by atomic mass is 19.4. The molecule has 0 aliphatic heterocycles. The zero-order chi connectivity index (χ0) is 11.4. The molecule has 0 amide bonds. The van der Waals surface area contributed by atoms with E-state index in [2.05, 4.69) is 4.84 Å². The number of rotatable bonds is 5. The molecule has 0 saturated heterocycles. The Morgan fingerprint density at radius 3 is 2.29 bits per heavy atom. The van der Waals surface area contributed by atoms with E-state index in [1.54, 1.807) is 13.8 Å². The monoisotopic (exact) mass is 215 g/mol. The minimum atomic E-state index is -4.47. The second-order valence-corrected chi connectivity index (χ2v) is 3.08. The van der Waals surface area contributed by atoms with E-state index in [4.69, 9.17) is 5.11 Å². The predicted octanol–water partition coefficient (Wildman–Crippen LogP) is 1.18. The number of nitrogens with one attached hydrogen (secondary N) is 1. The van der Waals surface area contributed by atoms with Crippen LogP contribution in [0.4, 0.5) is 13.2 Å². The molecule has 0 fully saturated rings. The molecule has 0 radical (unpaired) electrons. The summed E-state index contributed by atoms with van der Waals surface area (Å²) in [6, 6.07) is -1.14. The van der Waals surface area contributed by atoms with Crippen LogP contribution in [0.5, 0.6) is 0 Å². The molecule has 0 aromatic carbocycles. The molecule has 0 heterocycles. The first kappa shape index (κ1) is 13.2. The van der Waals surface area contributed by atoms with E-state index in [1.807, 2.05) is 5.48 Å². The lowest BCUT2D eigenvalue weighted by molar-refractivity contribution is -0.197. The molecule has 4 nitrogen and oxygen atoms in total. The van der Waals surface area contributed by atoms with Crippen LogP contribution in [0.2, 0.25) is 0 Å². The minimum Gasteiger partial charge on any atom is -0.480 e. The van der Waals surface area contributed by atoms with Gasteiger partial charge in [-0.05, 0) is 5.92 Å². The van der Waals surface area contributed by atoms with Crippen molar-refractivity contribution in [2.75, 3.05) is 6.61 Å². The summed E-state index contributed by atoms with van der Waals surface area (Å²) in [5.74, 6) is -1.61. The lowest BCUT2D eigenvalue weighted by atomic mass is 10.1. The van der Waals surface area contributed by atoms with Crippen LogP contribution in [-0.4, -0.2) is 29.9 Å². The fourth-order valence-corrected chi connectivity index (χ4v) is 0.685. The Kier molecular flexibility index (Phi) is 4.86. The topological polar surface area (TPSA) is 58.6 Å². The zero-order valence-corrected chi connectivity index (χ0v) is 7.76. The van der Waals surface area contributed by atoms with Gasteiger partial charge < -0.3 is 5.11 Å². The Morgan fingerprint density at radius 2 is 2.00 bits per heavy atom. The quantitative estimate of drug-likeness (QED) is 0.676. The van der Waals surface area contributed by atoms with Crippen LogP contribution in [0.15, 0.2) is 0 Å². The maximum Gasteiger partial charge on any atom is 0.413 e. The van der Waals surface area contributed by atoms with Crippen LogP contribution in [-0.2, 0) is 9.63 Å². The molecule has 14 heavy (non-hydrogen) atoms. The van der Waals surface area contributed by atoms with Gasteiger partial charge in [-0.2, -0.15) is 18.7 Å². The Hall–Kier alpha value is -0.820. The molecular formula is C7H12F3NO3. The number of hydroxylamine groups is 1. The number of halogens is 3. The lowest BCUT2D eigenvalue weighted by Crippen LogP contribution is -2.42. The zero-order valence-electron chi connectivity index (χ0n) is 7.76. The molecule has 84 valence electrons. The molecule has 0 aliphatic carbocycles. The summed E-state index contributed by atoms with van der Waals surface area (Å²) < 4.78 is 34.8. The van der Waals surface area contributed by atoms with Crippen LogP contribution >= 0.6 is 0 Å². The first-order valence-electron chi connectivity index (χ1n) is 3.91. The number of carboxylic acid groups (broad SMARTS) is 1. The van der Waals surface area contributed by atoms with Crippen LogP contribution in [0, 0.1) is 5.92 Å². The highest BCUT2D eigenvalue weighted by Gasteiger charge is 2.29. The minimum absolute atomic E-state index is 0.360. The molecular weight excluding hydrogens is 203 g/mol. The fraction of sp³-hybridized carbons (Fsp3) is 0.857. The largest absolute Gasteiger partial charge is 0.480 e. The van der Waals surface area contributed by atoms with Crippen LogP contribution in [0.25, 0.3) is 0 Å². The Morgan fingerprint density at radius 1 is 1.50 bits per heavy atom. The van der Waals surface area contributed by atoms with Crippen molar-refractivity contribution in [3.63, 3.8) is 0 Å². The number of carbonyl (C=O) groups is 1. The summed E-state index contributed by atoms with van der Waals surface area (Å²) in [7, 11) is 0. The summed E-state index contributed by atoms with van der Waals surface area (Å²) >= 11 is 0. The molecule has 0 saturated carbocycles. The average Bonchev–Trinajstić information content (AvgIpc) is 1.94. The van der Waals surface area contributed by atoms with E-state index >= 15 is 0 Å². The van der Waals surface area contributed by atoms with E-state index in [1.165, 1.54) is 0 Å². The van der Waals surface area contributed by atoms with Crippen LogP contribution in [0.3, 0.4) is 0 Å². The van der Waals surface area contributed by atoms with Gasteiger partial charge >= 0.3 is 12.1 Å². The maximum atomic E-state index is 11.6. The number of hydrogen-bond acceptors (Lipinski definition) is 3. The smallest absolute Gasteiger partial charge is 0.413 e. The Balaban J connectivity index is 3.90. The molecule has 0 rings (SSSR count). The molecule has 0 aromatic rings. The van der Waals surface area contributed by atoms with E-state index < -0.39 is 24.8 Å². The van der Waals surface area contributed by atoms with Gasteiger partial charge in [0.05, 0.1) is 0 Å². The summed E-state index contributed by atoms with van der Waals surface area (Å²) in [5.41, 5.74) is 1.86. The maximum absolute atomic E-state index is 11.6. The van der Waals surface area contributed by atoms with Gasteiger partial charge in [-0.1, -0.05) is 13.8 Å². The Bertz CT molecular complexity index is 193. The normalized spacial score (nSPS) is 14.4. The molecule has 1 atom stereocenters. The van der Waals surface area contributed by atoms with Gasteiger partial charge in [0, 0.05) is 0 Å². The van der Waals surface area contributed by atoms with Gasteiger partial charge in [0.2, 0.25) is 0 Å². The van der Waals surface area contributed by atoms with Gasteiger partial charge in [0.1, 0.15) is 6.04 Å². The van der Waals surface area contributed by atoms with Gasteiger partial charge in [0.25, 0.3) is 0 Å². The van der Waals surface area contributed by atoms with Crippen molar-refractivity contribution in [1.29, 1.82) is 0 Å². The van der Waals surface area contributed by atoms with Crippen molar-refractivity contribution in [3.8, 4) is 0 Å². The van der Waals surface area contributed by atoms with E-state index in [0.717, 1.165) is 0 Å². The first-order valence-corrected chi connectivity index (χ1v) is 3.91. The molecule has 2 N–H and O–H groups in total. The molecule has 0 aliphatic rings. The van der Waals surface area contributed by atoms with Crippen LogP contribution in [0.1, 0.15) is 13.8 Å². The van der Waals surface area contributed by atoms with E-state index in [0.29, 0.717) is 0 Å². The van der Waals surface area contributed by atoms with Crippen molar-refractivity contribution in [2.24, 2.45) is 5.92 Å². The number of aliphatic carboxylic acids is 1. The molecule has 0 aromatic heterocycles. The lowest BCUT2D eigenvalue weighted by Gasteiger charge is -2.17. The van der Waals surface area contributed by atoms with Gasteiger partial charge in [-0.15, -0.1) is 0 Å². The van der Waals surface area contributed by atoms with Crippen LogP contribution < -0.4 is 5.48 Å². The standard InChI is InChI=1S/C7H12F3NO3/c1-4(2)5(6(12)13)11-14-3-7(8,9)10/h4-5,11H,3H2,1-2H3,(H,12,13). The summed E-state index contributed by atoms with van der Waals surface area (Å²) in [6.07, 6.45) is -4.47. The average molecular weight is 215 g/mol. The second-order valence-electron chi connectivity index (χ2n) is 3.08. The summed E-state index contributed by atoms with van der Waals surface area (Å²) in [6.45, 7) is 1.61. The van der Waals surface area contributed by atoms with E-state index in [9.17, 15) is 18.0 Å². The third-order valence-electron chi connectivity index (χ3n) is 1.38.